The van der Waals surface area contributed by atoms with Crippen molar-refractivity contribution in [1.29, 1.82) is 0 Å². The second-order valence-electron chi connectivity index (χ2n) is 1.95. The van der Waals surface area contributed by atoms with Crippen molar-refractivity contribution in [1.82, 2.24) is 0 Å². The molecule has 0 fully saturated rings. The van der Waals surface area contributed by atoms with E-state index in [-0.39, 0.29) is 11.6 Å². The minimum Gasteiger partial charge on any atom is -0.291 e. The minimum atomic E-state index is -0.239. The van der Waals surface area contributed by atoms with Crippen LogP contribution in [0.5, 0.6) is 0 Å². The summed E-state index contributed by atoms with van der Waals surface area (Å²) in [5.74, 6) is -0.461. The average molecular weight is 188 g/mol. The van der Waals surface area contributed by atoms with E-state index in [2.05, 4.69) is 0 Å². The van der Waals surface area contributed by atoms with Gasteiger partial charge in [-0.2, -0.15) is 0 Å². The highest BCUT2D eigenvalue weighted by molar-refractivity contribution is 6.37. The Morgan fingerprint density at radius 2 is 1.23 bits per heavy atom. The Bertz CT molecular complexity index is 117. The van der Waals surface area contributed by atoms with Crippen LogP contribution in [-0.4, -0.2) is 11.6 Å². The number of carbonyl (C=O) groups excluding carboxylic acids is 2. The number of Topliss-reactive ketones (excluding diaryl/α,β-unsaturated/α-hetero) is 2. The first-order chi connectivity index (χ1) is 6.22. The third-order valence-electron chi connectivity index (χ3n) is 1.11. The molecular weight excluding hydrogens is 164 g/mol. The van der Waals surface area contributed by atoms with Crippen LogP contribution in [-0.2, 0) is 9.59 Å². The van der Waals surface area contributed by atoms with Gasteiger partial charge in [-0.15, -0.1) is 0 Å². The Kier molecular flexibility index (Phi) is 24.4. The molecule has 0 saturated carbocycles. The van der Waals surface area contributed by atoms with Gasteiger partial charge in [-0.3, -0.25) is 9.59 Å². The quantitative estimate of drug-likeness (QED) is 0.634. The highest BCUT2D eigenvalue weighted by Crippen LogP contribution is 1.92. The summed E-state index contributed by atoms with van der Waals surface area (Å²) in [6.07, 6.45) is 1.52. The van der Waals surface area contributed by atoms with Crippen LogP contribution in [0.3, 0.4) is 0 Å². The fourth-order valence-electron chi connectivity index (χ4n) is 0.564. The van der Waals surface area contributed by atoms with Crippen LogP contribution in [0.25, 0.3) is 0 Å². The van der Waals surface area contributed by atoms with Crippen molar-refractivity contribution >= 4 is 11.6 Å². The third kappa shape index (κ3) is 14.2. The molecule has 0 saturated heterocycles. The standard InChI is InChI=1S/C7H12O2.2C2H6/c1-3-5-7(9)6(8)4-2;2*1-2/h3-5H2,1-2H3;2*1-2H3. The number of hydrogen-bond acceptors (Lipinski definition) is 2. The fraction of sp³-hybridized carbons (Fsp3) is 0.818. The average Bonchev–Trinajstić information content (AvgIpc) is 2.23. The summed E-state index contributed by atoms with van der Waals surface area (Å²) in [6.45, 7) is 11.6. The first-order valence-corrected chi connectivity index (χ1v) is 5.28. The molecular formula is C11H24O2. The van der Waals surface area contributed by atoms with Crippen molar-refractivity contribution in [3.05, 3.63) is 0 Å². The molecule has 0 heterocycles. The molecule has 80 valence electrons. The summed E-state index contributed by atoms with van der Waals surface area (Å²) in [5.41, 5.74) is 0. The monoisotopic (exact) mass is 188 g/mol. The first-order valence-electron chi connectivity index (χ1n) is 5.28. The van der Waals surface area contributed by atoms with Crippen molar-refractivity contribution < 1.29 is 9.59 Å². The van der Waals surface area contributed by atoms with Gasteiger partial charge in [0.05, 0.1) is 0 Å². The van der Waals surface area contributed by atoms with E-state index in [1.807, 2.05) is 34.6 Å². The molecule has 0 aromatic carbocycles. The van der Waals surface area contributed by atoms with Crippen LogP contribution in [0.4, 0.5) is 0 Å². The fourth-order valence-corrected chi connectivity index (χ4v) is 0.564. The van der Waals surface area contributed by atoms with Crippen LogP contribution >= 0.6 is 0 Å². The van der Waals surface area contributed by atoms with Gasteiger partial charge in [0.15, 0.2) is 11.6 Å². The maximum Gasteiger partial charge on any atom is 0.198 e. The van der Waals surface area contributed by atoms with Crippen LogP contribution in [0, 0.1) is 0 Å². The molecule has 0 aliphatic carbocycles. The molecule has 0 aromatic rings. The molecule has 0 rings (SSSR count). The van der Waals surface area contributed by atoms with Crippen molar-refractivity contribution in [2.75, 3.05) is 0 Å². The SMILES string of the molecule is CC.CC.CCCC(=O)C(=O)CC. The number of rotatable bonds is 4. The zero-order chi connectivity index (χ0) is 11.3. The lowest BCUT2D eigenvalue weighted by Crippen LogP contribution is -2.10. The number of carbonyl (C=O) groups is 2. The van der Waals surface area contributed by atoms with Crippen LogP contribution in [0.1, 0.15) is 60.8 Å². The van der Waals surface area contributed by atoms with Gasteiger partial charge in [-0.25, -0.2) is 0 Å². The van der Waals surface area contributed by atoms with Gasteiger partial charge in [0.2, 0.25) is 0 Å². The molecule has 13 heavy (non-hydrogen) atoms. The van der Waals surface area contributed by atoms with E-state index in [9.17, 15) is 9.59 Å². The molecule has 0 aliphatic heterocycles. The van der Waals surface area contributed by atoms with Gasteiger partial charge in [0.25, 0.3) is 0 Å². The Morgan fingerprint density at radius 1 is 0.846 bits per heavy atom. The molecule has 0 unspecified atom stereocenters. The first kappa shape index (κ1) is 18.2. The maximum atomic E-state index is 10.6. The zero-order valence-corrected chi connectivity index (χ0v) is 9.94. The normalized spacial score (nSPS) is 7.23. The van der Waals surface area contributed by atoms with Crippen LogP contribution in [0.15, 0.2) is 0 Å². The lowest BCUT2D eigenvalue weighted by Gasteiger charge is -1.91. The van der Waals surface area contributed by atoms with Crippen LogP contribution < -0.4 is 0 Å². The zero-order valence-electron chi connectivity index (χ0n) is 9.94. The summed E-state index contributed by atoms with van der Waals surface area (Å²) < 4.78 is 0. The van der Waals surface area contributed by atoms with E-state index in [1.165, 1.54) is 0 Å². The molecule has 0 bridgehead atoms. The van der Waals surface area contributed by atoms with Gasteiger partial charge in [0, 0.05) is 12.8 Å². The molecule has 0 aliphatic rings. The van der Waals surface area contributed by atoms with E-state index in [0.717, 1.165) is 6.42 Å². The smallest absolute Gasteiger partial charge is 0.198 e. The largest absolute Gasteiger partial charge is 0.291 e. The summed E-state index contributed by atoms with van der Waals surface area (Å²) in [5, 5.41) is 0. The maximum absolute atomic E-state index is 10.6. The van der Waals surface area contributed by atoms with E-state index >= 15 is 0 Å². The van der Waals surface area contributed by atoms with E-state index < -0.39 is 0 Å². The van der Waals surface area contributed by atoms with Crippen molar-refractivity contribution in [2.45, 2.75) is 60.8 Å². The van der Waals surface area contributed by atoms with E-state index in [4.69, 9.17) is 0 Å². The highest BCUT2D eigenvalue weighted by Gasteiger charge is 2.07. The molecule has 0 amide bonds. The topological polar surface area (TPSA) is 34.1 Å². The molecule has 0 aromatic heterocycles. The Morgan fingerprint density at radius 3 is 1.46 bits per heavy atom. The summed E-state index contributed by atoms with van der Waals surface area (Å²) in [7, 11) is 0. The van der Waals surface area contributed by atoms with Crippen molar-refractivity contribution in [2.24, 2.45) is 0 Å². The second kappa shape index (κ2) is 17.4. The predicted octanol–water partition coefficient (Wildman–Crippen LogP) is 3.39. The third-order valence-corrected chi connectivity index (χ3v) is 1.11. The van der Waals surface area contributed by atoms with E-state index in [0.29, 0.717) is 12.8 Å². The Labute approximate surface area is 82.7 Å². The highest BCUT2D eigenvalue weighted by atomic mass is 16.2. The number of ketones is 2. The molecule has 0 spiro atoms. The second-order valence-corrected chi connectivity index (χ2v) is 1.95. The molecule has 2 heteroatoms. The molecule has 0 N–H and O–H groups in total. The molecule has 0 radical (unpaired) electrons. The van der Waals surface area contributed by atoms with E-state index in [1.54, 1.807) is 6.92 Å². The van der Waals surface area contributed by atoms with Gasteiger partial charge >= 0.3 is 0 Å². The number of hydrogen-bond donors (Lipinski definition) is 0. The van der Waals surface area contributed by atoms with Crippen molar-refractivity contribution in [3.63, 3.8) is 0 Å². The lowest BCUT2D eigenvalue weighted by atomic mass is 10.1. The molecule has 2 nitrogen and oxygen atoms in total. The summed E-state index contributed by atoms with van der Waals surface area (Å²) >= 11 is 0. The van der Waals surface area contributed by atoms with Gasteiger partial charge < -0.3 is 0 Å². The van der Waals surface area contributed by atoms with Crippen LogP contribution in [0.2, 0.25) is 0 Å². The van der Waals surface area contributed by atoms with Gasteiger partial charge in [-0.1, -0.05) is 41.5 Å². The lowest BCUT2D eigenvalue weighted by molar-refractivity contribution is -0.136. The van der Waals surface area contributed by atoms with Crippen molar-refractivity contribution in [3.8, 4) is 0 Å². The van der Waals surface area contributed by atoms with Gasteiger partial charge in [-0.05, 0) is 6.42 Å². The van der Waals surface area contributed by atoms with Gasteiger partial charge in [0.1, 0.15) is 0 Å². The minimum absolute atomic E-state index is 0.222. The summed E-state index contributed by atoms with van der Waals surface area (Å²) in [6, 6.07) is 0. The molecule has 0 atom stereocenters. The Balaban J connectivity index is -0.000000218. The Hall–Kier alpha value is -0.660. The predicted molar refractivity (Wildman–Crippen MR) is 57.9 cm³/mol. The summed E-state index contributed by atoms with van der Waals surface area (Å²) in [4.78, 5) is 21.2.